The minimum Gasteiger partial charge on any atom is -0.480 e. The summed E-state index contributed by atoms with van der Waals surface area (Å²) >= 11 is 0. The van der Waals surface area contributed by atoms with Gasteiger partial charge < -0.3 is 9.84 Å². The molecule has 0 bridgehead atoms. The Morgan fingerprint density at radius 1 is 1.62 bits per heavy atom. The van der Waals surface area contributed by atoms with Gasteiger partial charge in [0, 0.05) is 6.42 Å². The van der Waals surface area contributed by atoms with E-state index in [4.69, 9.17) is 4.74 Å². The van der Waals surface area contributed by atoms with E-state index in [1.54, 1.807) is 0 Å². The Balaban J connectivity index is 2.79. The topological polar surface area (TPSA) is 63.6 Å². The monoisotopic (exact) mass is 228 g/mol. The first-order valence-electron chi connectivity index (χ1n) is 5.87. The van der Waals surface area contributed by atoms with Crippen molar-refractivity contribution in [1.82, 2.24) is 0 Å². The molecule has 1 fully saturated rings. The molecular formula is C12H20O4. The molecule has 4 nitrogen and oxygen atoms in total. The Morgan fingerprint density at radius 2 is 2.31 bits per heavy atom. The number of ketones is 1. The van der Waals surface area contributed by atoms with Crippen molar-refractivity contribution in [2.75, 3.05) is 13.2 Å². The normalized spacial score (nSPS) is 27.8. The zero-order valence-corrected chi connectivity index (χ0v) is 9.99. The Hall–Kier alpha value is -0.900. The minimum absolute atomic E-state index is 0.0369. The molecule has 4 heteroatoms. The summed E-state index contributed by atoms with van der Waals surface area (Å²) < 4.78 is 5.19. The van der Waals surface area contributed by atoms with Gasteiger partial charge in [0.2, 0.25) is 0 Å². The zero-order valence-electron chi connectivity index (χ0n) is 9.99. The standard InChI is InChI=1S/C12H20O4/c1-3-4-9(2)7-12(11(14)15)8-16-6-5-10(12)13/h9H,3-8H2,1-2H3,(H,14,15). The fraction of sp³-hybridized carbons (Fsp3) is 0.833. The number of hydrogen-bond acceptors (Lipinski definition) is 3. The first-order valence-corrected chi connectivity index (χ1v) is 5.87. The Kier molecular flexibility index (Phi) is 4.47. The Bertz CT molecular complexity index is 274. The van der Waals surface area contributed by atoms with Crippen LogP contribution in [0.15, 0.2) is 0 Å². The van der Waals surface area contributed by atoms with E-state index in [-0.39, 0.29) is 24.7 Å². The van der Waals surface area contributed by atoms with Gasteiger partial charge in [-0.1, -0.05) is 26.7 Å². The molecule has 92 valence electrons. The van der Waals surface area contributed by atoms with Gasteiger partial charge in [0.15, 0.2) is 5.78 Å². The van der Waals surface area contributed by atoms with Crippen molar-refractivity contribution < 1.29 is 19.4 Å². The highest BCUT2D eigenvalue weighted by Gasteiger charge is 2.48. The number of hydrogen-bond donors (Lipinski definition) is 1. The molecule has 0 radical (unpaired) electrons. The van der Waals surface area contributed by atoms with Crippen LogP contribution in [-0.2, 0) is 14.3 Å². The molecule has 16 heavy (non-hydrogen) atoms. The van der Waals surface area contributed by atoms with Gasteiger partial charge in [-0.3, -0.25) is 9.59 Å². The van der Waals surface area contributed by atoms with E-state index in [2.05, 4.69) is 6.92 Å². The van der Waals surface area contributed by atoms with Gasteiger partial charge in [-0.25, -0.2) is 0 Å². The van der Waals surface area contributed by atoms with E-state index >= 15 is 0 Å². The molecule has 1 heterocycles. The third-order valence-electron chi connectivity index (χ3n) is 3.24. The first-order chi connectivity index (χ1) is 7.53. The van der Waals surface area contributed by atoms with E-state index in [0.29, 0.717) is 13.0 Å². The van der Waals surface area contributed by atoms with Crippen LogP contribution >= 0.6 is 0 Å². The average Bonchev–Trinajstić information content (AvgIpc) is 2.21. The van der Waals surface area contributed by atoms with E-state index < -0.39 is 11.4 Å². The van der Waals surface area contributed by atoms with Gasteiger partial charge in [0.05, 0.1) is 13.2 Å². The summed E-state index contributed by atoms with van der Waals surface area (Å²) in [5, 5.41) is 9.28. The van der Waals surface area contributed by atoms with E-state index in [0.717, 1.165) is 12.8 Å². The summed E-state index contributed by atoms with van der Waals surface area (Å²) in [6.45, 7) is 4.45. The van der Waals surface area contributed by atoms with Gasteiger partial charge in [0.25, 0.3) is 0 Å². The second-order valence-corrected chi connectivity index (χ2v) is 4.71. The van der Waals surface area contributed by atoms with Crippen LogP contribution in [0.5, 0.6) is 0 Å². The number of rotatable bonds is 5. The molecule has 1 N–H and O–H groups in total. The highest BCUT2D eigenvalue weighted by Crippen LogP contribution is 2.34. The number of carboxylic acid groups (broad SMARTS) is 1. The molecule has 0 aliphatic carbocycles. The molecule has 1 saturated heterocycles. The van der Waals surface area contributed by atoms with Crippen molar-refractivity contribution in [3.8, 4) is 0 Å². The first kappa shape index (κ1) is 13.2. The van der Waals surface area contributed by atoms with Crippen LogP contribution < -0.4 is 0 Å². The lowest BCUT2D eigenvalue weighted by Crippen LogP contribution is -2.48. The summed E-state index contributed by atoms with van der Waals surface area (Å²) in [5.74, 6) is -0.957. The van der Waals surface area contributed by atoms with Crippen LogP contribution in [0.3, 0.4) is 0 Å². The fourth-order valence-electron chi connectivity index (χ4n) is 2.36. The second-order valence-electron chi connectivity index (χ2n) is 4.71. The number of carbonyl (C=O) groups is 2. The van der Waals surface area contributed by atoms with Gasteiger partial charge in [-0.05, 0) is 12.3 Å². The third-order valence-corrected chi connectivity index (χ3v) is 3.24. The summed E-state index contributed by atoms with van der Waals surface area (Å²) in [6.07, 6.45) is 2.58. The van der Waals surface area contributed by atoms with E-state index in [1.807, 2.05) is 6.92 Å². The second kappa shape index (κ2) is 5.43. The van der Waals surface area contributed by atoms with Gasteiger partial charge in [-0.15, -0.1) is 0 Å². The summed E-state index contributed by atoms with van der Waals surface area (Å²) in [7, 11) is 0. The molecule has 1 rings (SSSR count). The van der Waals surface area contributed by atoms with Crippen LogP contribution in [-0.4, -0.2) is 30.1 Å². The smallest absolute Gasteiger partial charge is 0.319 e. The van der Waals surface area contributed by atoms with Crippen molar-refractivity contribution >= 4 is 11.8 Å². The molecule has 0 saturated carbocycles. The molecule has 0 aromatic rings. The van der Waals surface area contributed by atoms with Crippen LogP contribution in [0.25, 0.3) is 0 Å². The van der Waals surface area contributed by atoms with Gasteiger partial charge in [0.1, 0.15) is 5.41 Å². The number of aliphatic carboxylic acids is 1. The highest BCUT2D eigenvalue weighted by atomic mass is 16.5. The van der Waals surface area contributed by atoms with Crippen LogP contribution in [0, 0.1) is 11.3 Å². The van der Waals surface area contributed by atoms with E-state index in [1.165, 1.54) is 0 Å². The molecule has 2 unspecified atom stereocenters. The molecule has 0 amide bonds. The molecule has 0 aromatic heterocycles. The SMILES string of the molecule is CCCC(C)CC1(C(=O)O)COCCC1=O. The van der Waals surface area contributed by atoms with Gasteiger partial charge >= 0.3 is 5.97 Å². The molecule has 0 aromatic carbocycles. The highest BCUT2D eigenvalue weighted by molar-refractivity contribution is 6.03. The quantitative estimate of drug-likeness (QED) is 0.730. The number of carbonyl (C=O) groups excluding carboxylic acids is 1. The van der Waals surface area contributed by atoms with Crippen LogP contribution in [0.2, 0.25) is 0 Å². The van der Waals surface area contributed by atoms with Crippen molar-refractivity contribution in [1.29, 1.82) is 0 Å². The van der Waals surface area contributed by atoms with Crippen molar-refractivity contribution in [3.05, 3.63) is 0 Å². The van der Waals surface area contributed by atoms with Gasteiger partial charge in [-0.2, -0.15) is 0 Å². The lowest BCUT2D eigenvalue weighted by molar-refractivity contribution is -0.166. The maximum atomic E-state index is 11.8. The number of carboxylic acids is 1. The zero-order chi connectivity index (χ0) is 12.2. The third kappa shape index (κ3) is 2.61. The van der Waals surface area contributed by atoms with Crippen LogP contribution in [0.1, 0.15) is 39.5 Å². The summed E-state index contributed by atoms with van der Waals surface area (Å²) in [5.41, 5.74) is -1.28. The predicted octanol–water partition coefficient (Wildman–Crippen LogP) is 1.87. The summed E-state index contributed by atoms with van der Waals surface area (Å²) in [4.78, 5) is 23.2. The average molecular weight is 228 g/mol. The molecule has 0 spiro atoms. The van der Waals surface area contributed by atoms with E-state index in [9.17, 15) is 14.7 Å². The Morgan fingerprint density at radius 3 is 2.81 bits per heavy atom. The molecule has 1 aliphatic heterocycles. The van der Waals surface area contributed by atoms with Crippen molar-refractivity contribution in [2.45, 2.75) is 39.5 Å². The molecule has 2 atom stereocenters. The van der Waals surface area contributed by atoms with Crippen LogP contribution in [0.4, 0.5) is 0 Å². The fourth-order valence-corrected chi connectivity index (χ4v) is 2.36. The predicted molar refractivity (Wildman–Crippen MR) is 59.2 cm³/mol. The lowest BCUT2D eigenvalue weighted by Gasteiger charge is -2.33. The minimum atomic E-state index is -1.28. The maximum Gasteiger partial charge on any atom is 0.319 e. The largest absolute Gasteiger partial charge is 0.480 e. The number of ether oxygens (including phenoxy) is 1. The molecule has 1 aliphatic rings. The summed E-state index contributed by atoms with van der Waals surface area (Å²) in [6, 6.07) is 0. The molecular weight excluding hydrogens is 208 g/mol. The van der Waals surface area contributed by atoms with Crippen molar-refractivity contribution in [3.63, 3.8) is 0 Å². The lowest BCUT2D eigenvalue weighted by atomic mass is 9.74. The maximum absolute atomic E-state index is 11.8. The Labute approximate surface area is 96.0 Å². The number of Topliss-reactive ketones (excluding diaryl/α,β-unsaturated/α-hetero) is 1. The van der Waals surface area contributed by atoms with Crippen molar-refractivity contribution in [2.24, 2.45) is 11.3 Å².